The van der Waals surface area contributed by atoms with Crippen LogP contribution >= 0.6 is 11.3 Å². The van der Waals surface area contributed by atoms with Crippen LogP contribution in [0, 0.1) is 13.8 Å². The number of nitrogens with zero attached hydrogens (tertiary/aromatic N) is 2. The predicted octanol–water partition coefficient (Wildman–Crippen LogP) is 1.42. The molecule has 2 aromatic heterocycles. The summed E-state index contributed by atoms with van der Waals surface area (Å²) in [4.78, 5) is 18.5. The van der Waals surface area contributed by atoms with Crippen LogP contribution in [-0.2, 0) is 6.54 Å². The Morgan fingerprint density at radius 1 is 1.50 bits per heavy atom. The fourth-order valence-corrected chi connectivity index (χ4v) is 2.68. The number of rotatable bonds is 3. The molecule has 4 nitrogen and oxygen atoms in total. The quantitative estimate of drug-likeness (QED) is 0.878. The van der Waals surface area contributed by atoms with Crippen molar-refractivity contribution in [1.29, 1.82) is 0 Å². The number of aromatic nitrogens is 2. The van der Waals surface area contributed by atoms with Crippen molar-refractivity contribution >= 4 is 21.6 Å². The standard InChI is InChI=1S/C11H15N3OS/c1-7-8(2)16-10-9(7)11(15)14(6-13-10)5-3-4-12/h6H,3-5,12H2,1-2H3. The third-order valence-electron chi connectivity index (χ3n) is 2.76. The molecule has 5 heteroatoms. The van der Waals surface area contributed by atoms with Crippen molar-refractivity contribution in [3.63, 3.8) is 0 Å². The molecule has 0 unspecified atom stereocenters. The summed E-state index contributed by atoms with van der Waals surface area (Å²) in [6.45, 7) is 5.23. The smallest absolute Gasteiger partial charge is 0.262 e. The number of hydrogen-bond donors (Lipinski definition) is 1. The molecule has 0 aliphatic rings. The van der Waals surface area contributed by atoms with Crippen molar-refractivity contribution in [3.05, 3.63) is 27.1 Å². The average molecular weight is 237 g/mol. The highest BCUT2D eigenvalue weighted by molar-refractivity contribution is 7.18. The highest BCUT2D eigenvalue weighted by Crippen LogP contribution is 2.25. The zero-order chi connectivity index (χ0) is 11.7. The maximum absolute atomic E-state index is 12.2. The van der Waals surface area contributed by atoms with Crippen molar-refractivity contribution in [2.75, 3.05) is 6.54 Å². The van der Waals surface area contributed by atoms with Gasteiger partial charge in [-0.1, -0.05) is 0 Å². The minimum atomic E-state index is 0.0558. The highest BCUT2D eigenvalue weighted by Gasteiger charge is 2.11. The molecule has 0 atom stereocenters. The van der Waals surface area contributed by atoms with Crippen LogP contribution in [0.15, 0.2) is 11.1 Å². The molecular weight excluding hydrogens is 222 g/mol. The van der Waals surface area contributed by atoms with Crippen LogP contribution in [0.5, 0.6) is 0 Å². The predicted molar refractivity (Wildman–Crippen MR) is 67.0 cm³/mol. The van der Waals surface area contributed by atoms with Gasteiger partial charge in [-0.2, -0.15) is 0 Å². The number of hydrogen-bond acceptors (Lipinski definition) is 4. The summed E-state index contributed by atoms with van der Waals surface area (Å²) in [5.41, 5.74) is 6.55. The summed E-state index contributed by atoms with van der Waals surface area (Å²) < 4.78 is 1.65. The summed E-state index contributed by atoms with van der Waals surface area (Å²) >= 11 is 1.58. The van der Waals surface area contributed by atoms with Gasteiger partial charge in [-0.05, 0) is 32.4 Å². The normalized spacial score (nSPS) is 11.2. The minimum absolute atomic E-state index is 0.0558. The van der Waals surface area contributed by atoms with Crippen LogP contribution in [-0.4, -0.2) is 16.1 Å². The Bertz CT molecular complexity index is 570. The molecule has 0 spiro atoms. The number of thiophene rings is 1. The molecule has 0 bridgehead atoms. The third kappa shape index (κ3) is 1.76. The first kappa shape index (κ1) is 11.3. The lowest BCUT2D eigenvalue weighted by atomic mass is 10.2. The molecule has 2 rings (SSSR count). The lowest BCUT2D eigenvalue weighted by Crippen LogP contribution is -2.21. The van der Waals surface area contributed by atoms with E-state index in [1.165, 1.54) is 0 Å². The summed E-state index contributed by atoms with van der Waals surface area (Å²) in [5.74, 6) is 0. The molecule has 0 aliphatic carbocycles. The Labute approximate surface area is 97.7 Å². The third-order valence-corrected chi connectivity index (χ3v) is 3.87. The highest BCUT2D eigenvalue weighted by atomic mass is 32.1. The average Bonchev–Trinajstić information content (AvgIpc) is 2.55. The van der Waals surface area contributed by atoms with E-state index in [1.54, 1.807) is 22.2 Å². The first-order valence-corrected chi connectivity index (χ1v) is 6.12. The molecule has 0 aromatic carbocycles. The maximum Gasteiger partial charge on any atom is 0.262 e. The second kappa shape index (κ2) is 4.35. The Morgan fingerprint density at radius 3 is 2.94 bits per heavy atom. The number of fused-ring (bicyclic) bond motifs is 1. The topological polar surface area (TPSA) is 60.9 Å². The number of aryl methyl sites for hydroxylation is 3. The fourth-order valence-electron chi connectivity index (χ4n) is 1.69. The molecule has 2 aromatic rings. The largest absolute Gasteiger partial charge is 0.330 e. The Morgan fingerprint density at radius 2 is 2.25 bits per heavy atom. The maximum atomic E-state index is 12.2. The van der Waals surface area contributed by atoms with Gasteiger partial charge in [0.15, 0.2) is 0 Å². The van der Waals surface area contributed by atoms with Crippen molar-refractivity contribution in [3.8, 4) is 0 Å². The van der Waals surface area contributed by atoms with E-state index < -0.39 is 0 Å². The van der Waals surface area contributed by atoms with Gasteiger partial charge in [-0.25, -0.2) is 4.98 Å². The first-order valence-electron chi connectivity index (χ1n) is 5.30. The van der Waals surface area contributed by atoms with Crippen LogP contribution < -0.4 is 11.3 Å². The molecule has 16 heavy (non-hydrogen) atoms. The van der Waals surface area contributed by atoms with Crippen LogP contribution in [0.4, 0.5) is 0 Å². The molecule has 0 saturated carbocycles. The van der Waals surface area contributed by atoms with Crippen molar-refractivity contribution in [1.82, 2.24) is 9.55 Å². The lowest BCUT2D eigenvalue weighted by molar-refractivity contribution is 0.625. The summed E-state index contributed by atoms with van der Waals surface area (Å²) in [6.07, 6.45) is 2.42. The molecule has 86 valence electrons. The van der Waals surface area contributed by atoms with E-state index in [0.717, 1.165) is 27.1 Å². The number of nitrogens with two attached hydrogens (primary N) is 1. The van der Waals surface area contributed by atoms with E-state index in [4.69, 9.17) is 5.73 Å². The second-order valence-corrected chi connectivity index (χ2v) is 5.05. The van der Waals surface area contributed by atoms with Gasteiger partial charge in [0.1, 0.15) is 4.83 Å². The van der Waals surface area contributed by atoms with Crippen molar-refractivity contribution < 1.29 is 0 Å². The summed E-state index contributed by atoms with van der Waals surface area (Å²) in [7, 11) is 0. The molecule has 0 radical (unpaired) electrons. The summed E-state index contributed by atoms with van der Waals surface area (Å²) in [5, 5.41) is 0.766. The van der Waals surface area contributed by atoms with E-state index >= 15 is 0 Å². The van der Waals surface area contributed by atoms with Crippen LogP contribution in [0.1, 0.15) is 16.9 Å². The Balaban J connectivity index is 2.59. The van der Waals surface area contributed by atoms with Gasteiger partial charge >= 0.3 is 0 Å². The molecular formula is C11H15N3OS. The zero-order valence-electron chi connectivity index (χ0n) is 9.49. The second-order valence-electron chi connectivity index (χ2n) is 3.85. The van der Waals surface area contributed by atoms with Gasteiger partial charge in [0.2, 0.25) is 0 Å². The minimum Gasteiger partial charge on any atom is -0.330 e. The molecule has 2 N–H and O–H groups in total. The van der Waals surface area contributed by atoms with Gasteiger partial charge in [0.05, 0.1) is 11.7 Å². The van der Waals surface area contributed by atoms with E-state index in [0.29, 0.717) is 13.1 Å². The SMILES string of the molecule is Cc1sc2ncn(CCCN)c(=O)c2c1C. The lowest BCUT2D eigenvalue weighted by Gasteiger charge is -2.03. The van der Waals surface area contributed by atoms with Crippen LogP contribution in [0.25, 0.3) is 10.2 Å². The molecule has 0 aliphatic heterocycles. The van der Waals surface area contributed by atoms with Crippen molar-refractivity contribution in [2.45, 2.75) is 26.8 Å². The molecule has 0 saturated heterocycles. The van der Waals surface area contributed by atoms with E-state index in [1.807, 2.05) is 13.8 Å². The van der Waals surface area contributed by atoms with Gasteiger partial charge < -0.3 is 5.73 Å². The van der Waals surface area contributed by atoms with Gasteiger partial charge in [-0.15, -0.1) is 11.3 Å². The summed E-state index contributed by atoms with van der Waals surface area (Å²) in [6, 6.07) is 0. The Hall–Kier alpha value is -1.20. The first-order chi connectivity index (χ1) is 7.65. The van der Waals surface area contributed by atoms with Gasteiger partial charge in [0, 0.05) is 11.4 Å². The van der Waals surface area contributed by atoms with Crippen molar-refractivity contribution in [2.24, 2.45) is 5.73 Å². The fraction of sp³-hybridized carbons (Fsp3) is 0.455. The van der Waals surface area contributed by atoms with E-state index in [2.05, 4.69) is 4.98 Å². The Kier molecular flexibility index (Phi) is 3.07. The molecule has 0 amide bonds. The molecule has 2 heterocycles. The van der Waals surface area contributed by atoms with Crippen LogP contribution in [0.2, 0.25) is 0 Å². The zero-order valence-corrected chi connectivity index (χ0v) is 10.3. The van der Waals surface area contributed by atoms with Gasteiger partial charge in [-0.3, -0.25) is 9.36 Å². The molecule has 0 fully saturated rings. The monoisotopic (exact) mass is 237 g/mol. The van der Waals surface area contributed by atoms with Gasteiger partial charge in [0.25, 0.3) is 5.56 Å². The van der Waals surface area contributed by atoms with E-state index in [-0.39, 0.29) is 5.56 Å². The van der Waals surface area contributed by atoms with E-state index in [9.17, 15) is 4.79 Å². The van der Waals surface area contributed by atoms with Crippen LogP contribution in [0.3, 0.4) is 0 Å².